The highest BCUT2D eigenvalue weighted by Crippen LogP contribution is 2.67. The van der Waals surface area contributed by atoms with Crippen LogP contribution in [0.2, 0.25) is 0 Å². The van der Waals surface area contributed by atoms with E-state index in [0.29, 0.717) is 0 Å². The molecule has 0 spiro atoms. The van der Waals surface area contributed by atoms with E-state index in [1.807, 2.05) is 6.07 Å². The number of hydrogen-bond donors (Lipinski definition) is 0. The number of hydrogen-bond acceptors (Lipinski definition) is 3. The van der Waals surface area contributed by atoms with Crippen LogP contribution in [0.5, 0.6) is 0 Å². The van der Waals surface area contributed by atoms with Crippen molar-refractivity contribution in [2.24, 2.45) is 0 Å². The van der Waals surface area contributed by atoms with Gasteiger partial charge in [0.15, 0.2) is 0 Å². The lowest BCUT2D eigenvalue weighted by Gasteiger charge is -2.45. The van der Waals surface area contributed by atoms with E-state index in [9.17, 15) is 0 Å². The van der Waals surface area contributed by atoms with Crippen LogP contribution in [0, 0.1) is 0 Å². The van der Waals surface area contributed by atoms with Gasteiger partial charge in [-0.2, -0.15) is 0 Å². The Morgan fingerprint density at radius 1 is 0.289 bits per heavy atom. The van der Waals surface area contributed by atoms with Crippen LogP contribution in [-0.2, 0) is 10.8 Å². The monoisotopic (exact) mass is 1060 g/mol. The van der Waals surface area contributed by atoms with Gasteiger partial charge in [0.05, 0.1) is 22.2 Å². The second kappa shape index (κ2) is 18.4. The summed E-state index contributed by atoms with van der Waals surface area (Å²) in [5, 5.41) is 2.21. The number of anilines is 6. The maximum Gasteiger partial charge on any atom is 0.137 e. The topological polar surface area (TPSA) is 19.6 Å². The van der Waals surface area contributed by atoms with Crippen molar-refractivity contribution in [3.8, 4) is 44.5 Å². The second-order valence-corrected chi connectivity index (χ2v) is 22.2. The van der Waals surface area contributed by atoms with Crippen LogP contribution < -0.4 is 9.80 Å². The lowest BCUT2D eigenvalue weighted by Crippen LogP contribution is -2.36. The van der Waals surface area contributed by atoms with Gasteiger partial charge in [-0.15, -0.1) is 0 Å². The first-order chi connectivity index (χ1) is 41.2. The smallest absolute Gasteiger partial charge is 0.137 e. The number of para-hydroxylation sites is 3. The van der Waals surface area contributed by atoms with Crippen LogP contribution >= 0.6 is 0 Å². The second-order valence-electron chi connectivity index (χ2n) is 22.2. The number of fused-ring (bicyclic) bond motifs is 11. The fourth-order valence-electron chi connectivity index (χ4n) is 14.8. The summed E-state index contributed by atoms with van der Waals surface area (Å²) in [4.78, 5) is 4.89. The Bertz CT molecular complexity index is 4800. The largest absolute Gasteiger partial charge is 0.456 e. The highest BCUT2D eigenvalue weighted by Gasteiger charge is 2.53. The van der Waals surface area contributed by atoms with E-state index in [-0.39, 0.29) is 0 Å². The van der Waals surface area contributed by atoms with E-state index in [0.717, 1.165) is 55.8 Å². The van der Waals surface area contributed by atoms with Gasteiger partial charge >= 0.3 is 0 Å². The summed E-state index contributed by atoms with van der Waals surface area (Å²) in [6.45, 7) is 0. The molecular weight excluding hydrogens is 1000 g/mol. The molecule has 13 aromatic carbocycles. The number of benzene rings is 13. The number of nitrogens with zero attached hydrogens (tertiary/aromatic N) is 2. The molecule has 2 heterocycles. The van der Waals surface area contributed by atoms with E-state index in [2.05, 4.69) is 319 Å². The molecule has 1 aliphatic heterocycles. The molecule has 83 heavy (non-hydrogen) atoms. The molecule has 0 saturated carbocycles. The number of furan rings is 1. The molecule has 1 atom stereocenters. The third-order valence-electron chi connectivity index (χ3n) is 18.1. The van der Waals surface area contributed by atoms with Gasteiger partial charge in [-0.3, -0.25) is 0 Å². The Balaban J connectivity index is 0.863. The van der Waals surface area contributed by atoms with Crippen LogP contribution in [0.25, 0.3) is 66.4 Å². The quantitative estimate of drug-likeness (QED) is 0.144. The van der Waals surface area contributed by atoms with Crippen molar-refractivity contribution in [2.75, 3.05) is 9.80 Å². The Hall–Kier alpha value is -10.7. The number of rotatable bonds is 9. The molecule has 0 saturated heterocycles. The van der Waals surface area contributed by atoms with Gasteiger partial charge in [0.2, 0.25) is 0 Å². The van der Waals surface area contributed by atoms with Crippen molar-refractivity contribution in [2.45, 2.75) is 10.8 Å². The molecular formula is C80H52N2O. The van der Waals surface area contributed by atoms with Gasteiger partial charge in [-0.1, -0.05) is 237 Å². The van der Waals surface area contributed by atoms with E-state index in [1.54, 1.807) is 0 Å². The van der Waals surface area contributed by atoms with Crippen molar-refractivity contribution in [1.29, 1.82) is 0 Å². The zero-order chi connectivity index (χ0) is 54.6. The van der Waals surface area contributed by atoms with Gasteiger partial charge in [-0.05, 0) is 156 Å². The first-order valence-corrected chi connectivity index (χ1v) is 28.7. The molecule has 1 unspecified atom stereocenters. The maximum atomic E-state index is 6.64. The molecule has 3 aliphatic rings. The van der Waals surface area contributed by atoms with Crippen LogP contribution in [-0.4, -0.2) is 0 Å². The normalized spacial score (nSPS) is 14.9. The Kier molecular flexibility index (Phi) is 10.4. The molecule has 388 valence electrons. The Morgan fingerprint density at radius 3 is 1.54 bits per heavy atom. The summed E-state index contributed by atoms with van der Waals surface area (Å²) in [6, 6.07) is 117. The fraction of sp³-hybridized carbons (Fsp3) is 0.0250. The van der Waals surface area contributed by atoms with Gasteiger partial charge in [0.1, 0.15) is 11.2 Å². The molecule has 2 aliphatic carbocycles. The van der Waals surface area contributed by atoms with Crippen molar-refractivity contribution < 1.29 is 4.42 Å². The van der Waals surface area contributed by atoms with Crippen LogP contribution in [0.4, 0.5) is 34.1 Å². The molecule has 3 heteroatoms. The average Bonchev–Trinajstić information content (AvgIpc) is 3.52. The molecule has 0 fully saturated rings. The molecule has 14 aromatic rings. The first-order valence-electron chi connectivity index (χ1n) is 28.7. The highest BCUT2D eigenvalue weighted by molar-refractivity contribution is 6.07. The highest BCUT2D eigenvalue weighted by atomic mass is 16.3. The molecule has 0 bridgehead atoms. The van der Waals surface area contributed by atoms with Gasteiger partial charge < -0.3 is 14.2 Å². The Labute approximate surface area is 482 Å². The zero-order valence-corrected chi connectivity index (χ0v) is 45.3. The Morgan fingerprint density at radius 2 is 0.807 bits per heavy atom. The molecule has 3 nitrogen and oxygen atoms in total. The fourth-order valence-corrected chi connectivity index (χ4v) is 14.8. The van der Waals surface area contributed by atoms with Crippen LogP contribution in [0.3, 0.4) is 0 Å². The predicted molar refractivity (Wildman–Crippen MR) is 342 cm³/mol. The summed E-state index contributed by atoms with van der Waals surface area (Å²) in [5.74, 6) is 0. The lowest BCUT2D eigenvalue weighted by molar-refractivity contribution is 0.669. The molecule has 0 amide bonds. The minimum Gasteiger partial charge on any atom is -0.456 e. The van der Waals surface area contributed by atoms with Crippen molar-refractivity contribution in [3.05, 3.63) is 360 Å². The van der Waals surface area contributed by atoms with Crippen LogP contribution in [0.1, 0.15) is 44.5 Å². The summed E-state index contributed by atoms with van der Waals surface area (Å²) >= 11 is 0. The average molecular weight is 1060 g/mol. The summed E-state index contributed by atoms with van der Waals surface area (Å²) in [7, 11) is 0. The van der Waals surface area contributed by atoms with Crippen LogP contribution in [0.15, 0.2) is 320 Å². The summed E-state index contributed by atoms with van der Waals surface area (Å²) < 4.78 is 6.64. The first kappa shape index (κ1) is 47.1. The van der Waals surface area contributed by atoms with Crippen molar-refractivity contribution in [1.82, 2.24) is 0 Å². The standard InChI is InChI=1S/C80H52N2O/c1-6-22-54(23-7-1)63-48-49-74-78-77(63)68-45-40-55(50-71(68)80(78,58-28-12-4-13-29-58)70-35-19-20-36-73(70)82(74)59-30-14-5-15-31-59)53-38-41-60(42-39-53)81(62-44-47-67-66-33-17-21-37-75(66)83-76(67)52-62)61-43-46-65-64-32-16-18-34-69(64)79(72(65)51-61,56-24-8-2-9-25-56)57-26-10-3-11-27-57/h1-52H. The predicted octanol–water partition coefficient (Wildman–Crippen LogP) is 20.9. The lowest BCUT2D eigenvalue weighted by atomic mass is 9.64. The summed E-state index contributed by atoms with van der Waals surface area (Å²) in [5.41, 5.74) is 27.0. The molecule has 0 radical (unpaired) electrons. The third kappa shape index (κ3) is 6.80. The van der Waals surface area contributed by atoms with Gasteiger partial charge in [0, 0.05) is 45.2 Å². The van der Waals surface area contributed by atoms with Gasteiger partial charge in [-0.25, -0.2) is 0 Å². The third-order valence-corrected chi connectivity index (χ3v) is 18.1. The zero-order valence-electron chi connectivity index (χ0n) is 45.3. The van der Waals surface area contributed by atoms with E-state index >= 15 is 0 Å². The van der Waals surface area contributed by atoms with Gasteiger partial charge in [0.25, 0.3) is 0 Å². The van der Waals surface area contributed by atoms with E-state index in [4.69, 9.17) is 4.42 Å². The van der Waals surface area contributed by atoms with E-state index in [1.165, 1.54) is 89.3 Å². The molecule has 0 N–H and O–H groups in total. The van der Waals surface area contributed by atoms with Crippen molar-refractivity contribution in [3.63, 3.8) is 0 Å². The van der Waals surface area contributed by atoms with E-state index < -0.39 is 10.8 Å². The minimum atomic E-state index is -0.627. The SMILES string of the molecule is c1ccc(-c2ccc3c4c2-c2ccc(-c5ccc(N(c6ccc7c(c6)C(c6ccccc6)(c6ccccc6)c6ccccc6-7)c6ccc7c(c6)oc6ccccc67)cc5)cc2C4(c2ccccc2)c2ccccc2N3c2ccccc2)cc1. The molecule has 1 aromatic heterocycles. The molecule has 17 rings (SSSR count). The van der Waals surface area contributed by atoms with Crippen molar-refractivity contribution >= 4 is 56.1 Å². The maximum absolute atomic E-state index is 6.64. The minimum absolute atomic E-state index is 0.561. The summed E-state index contributed by atoms with van der Waals surface area (Å²) in [6.07, 6.45) is 0.